The van der Waals surface area contributed by atoms with Crippen LogP contribution in [0.1, 0.15) is 30.3 Å². The third kappa shape index (κ3) is 1.83. The molecule has 0 unspecified atom stereocenters. The first-order valence-electron chi connectivity index (χ1n) is 4.52. The maximum Gasteiger partial charge on any atom is 0.163 e. The number of hydrogen-bond acceptors (Lipinski definition) is 3. The topological polar surface area (TPSA) is 51.8 Å². The summed E-state index contributed by atoms with van der Waals surface area (Å²) in [5.41, 5.74) is 5.95. The largest absolute Gasteiger partial charge is 0.330 e. The lowest BCUT2D eigenvalue weighted by Gasteiger charge is -2.02. The third-order valence-corrected chi connectivity index (χ3v) is 2.15. The van der Waals surface area contributed by atoms with Gasteiger partial charge in [-0.25, -0.2) is 14.4 Å². The van der Waals surface area contributed by atoms with Crippen LogP contribution in [0.3, 0.4) is 0 Å². The van der Waals surface area contributed by atoms with Gasteiger partial charge in [0, 0.05) is 12.3 Å². The predicted molar refractivity (Wildman–Crippen MR) is 46.7 cm³/mol. The zero-order valence-electron chi connectivity index (χ0n) is 7.33. The van der Waals surface area contributed by atoms with Crippen molar-refractivity contribution in [2.45, 2.75) is 25.2 Å². The summed E-state index contributed by atoms with van der Waals surface area (Å²) in [6, 6.07) is 0. The minimum Gasteiger partial charge on any atom is -0.330 e. The van der Waals surface area contributed by atoms with Crippen LogP contribution in [0.15, 0.2) is 6.20 Å². The molecule has 70 valence electrons. The molecule has 0 radical (unpaired) electrons. The first kappa shape index (κ1) is 8.56. The van der Waals surface area contributed by atoms with E-state index in [0.29, 0.717) is 30.4 Å². The van der Waals surface area contributed by atoms with Gasteiger partial charge in [-0.15, -0.1) is 0 Å². The monoisotopic (exact) mass is 181 g/mol. The second-order valence-electron chi connectivity index (χ2n) is 3.33. The SMILES string of the molecule is NCCc1ncc(F)c(C2CC2)n1. The minimum atomic E-state index is -0.275. The Bertz CT molecular complexity index is 310. The van der Waals surface area contributed by atoms with Crippen molar-refractivity contribution >= 4 is 0 Å². The Labute approximate surface area is 76.2 Å². The summed E-state index contributed by atoms with van der Waals surface area (Å²) in [7, 11) is 0. The van der Waals surface area contributed by atoms with E-state index in [0.717, 1.165) is 12.8 Å². The molecule has 0 amide bonds. The van der Waals surface area contributed by atoms with Crippen molar-refractivity contribution in [1.29, 1.82) is 0 Å². The van der Waals surface area contributed by atoms with Crippen molar-refractivity contribution < 1.29 is 4.39 Å². The molecule has 0 atom stereocenters. The number of aromatic nitrogens is 2. The summed E-state index contributed by atoms with van der Waals surface area (Å²) in [5, 5.41) is 0. The highest BCUT2D eigenvalue weighted by molar-refractivity contribution is 5.16. The highest BCUT2D eigenvalue weighted by atomic mass is 19.1. The highest BCUT2D eigenvalue weighted by Gasteiger charge is 2.28. The fraction of sp³-hybridized carbons (Fsp3) is 0.556. The average molecular weight is 181 g/mol. The molecule has 0 bridgehead atoms. The van der Waals surface area contributed by atoms with E-state index in [1.165, 1.54) is 6.20 Å². The van der Waals surface area contributed by atoms with Gasteiger partial charge >= 0.3 is 0 Å². The molecule has 2 N–H and O–H groups in total. The molecule has 0 aliphatic heterocycles. The molecule has 13 heavy (non-hydrogen) atoms. The number of hydrogen-bond donors (Lipinski definition) is 1. The molecule has 0 spiro atoms. The Kier molecular flexibility index (Phi) is 2.22. The molecular formula is C9H12FN3. The standard InChI is InChI=1S/C9H12FN3/c10-7-5-12-8(3-4-11)13-9(7)6-1-2-6/h5-6H,1-4,11H2. The van der Waals surface area contributed by atoms with E-state index in [9.17, 15) is 4.39 Å². The number of nitrogens with zero attached hydrogens (tertiary/aromatic N) is 2. The number of nitrogens with two attached hydrogens (primary N) is 1. The van der Waals surface area contributed by atoms with E-state index < -0.39 is 0 Å². The summed E-state index contributed by atoms with van der Waals surface area (Å²) < 4.78 is 13.1. The average Bonchev–Trinajstić information content (AvgIpc) is 2.92. The molecule has 4 heteroatoms. The van der Waals surface area contributed by atoms with Crippen LogP contribution in [-0.4, -0.2) is 16.5 Å². The minimum absolute atomic E-state index is 0.275. The summed E-state index contributed by atoms with van der Waals surface area (Å²) in [6.45, 7) is 0.510. The molecule has 1 aliphatic rings. The van der Waals surface area contributed by atoms with Gasteiger partial charge in [0.15, 0.2) is 5.82 Å². The van der Waals surface area contributed by atoms with Crippen LogP contribution in [-0.2, 0) is 6.42 Å². The summed E-state index contributed by atoms with van der Waals surface area (Å²) in [6.07, 6.45) is 3.98. The van der Waals surface area contributed by atoms with Crippen LogP contribution in [0.2, 0.25) is 0 Å². The van der Waals surface area contributed by atoms with Crippen molar-refractivity contribution in [3.8, 4) is 0 Å². The van der Waals surface area contributed by atoms with Crippen molar-refractivity contribution in [2.24, 2.45) is 5.73 Å². The maximum atomic E-state index is 13.1. The van der Waals surface area contributed by atoms with Crippen LogP contribution in [0.4, 0.5) is 4.39 Å². The fourth-order valence-electron chi connectivity index (χ4n) is 1.31. The number of halogens is 1. The highest BCUT2D eigenvalue weighted by Crippen LogP contribution is 2.39. The molecule has 0 saturated heterocycles. The van der Waals surface area contributed by atoms with Gasteiger partial charge in [0.1, 0.15) is 5.82 Å². The van der Waals surface area contributed by atoms with Crippen LogP contribution < -0.4 is 5.73 Å². The quantitative estimate of drug-likeness (QED) is 0.756. The van der Waals surface area contributed by atoms with Gasteiger partial charge < -0.3 is 5.73 Å². The lowest BCUT2D eigenvalue weighted by atomic mass is 10.2. The van der Waals surface area contributed by atoms with Crippen molar-refractivity contribution in [3.05, 3.63) is 23.5 Å². The predicted octanol–water partition coefficient (Wildman–Crippen LogP) is 0.994. The molecule has 3 nitrogen and oxygen atoms in total. The van der Waals surface area contributed by atoms with E-state index in [2.05, 4.69) is 9.97 Å². The van der Waals surface area contributed by atoms with Crippen LogP contribution in [0, 0.1) is 5.82 Å². The summed E-state index contributed by atoms with van der Waals surface area (Å²) >= 11 is 0. The molecule has 2 rings (SSSR count). The molecular weight excluding hydrogens is 169 g/mol. The van der Waals surface area contributed by atoms with E-state index in [1.807, 2.05) is 0 Å². The van der Waals surface area contributed by atoms with Gasteiger partial charge in [-0.05, 0) is 19.4 Å². The van der Waals surface area contributed by atoms with Crippen LogP contribution in [0.5, 0.6) is 0 Å². The third-order valence-electron chi connectivity index (χ3n) is 2.15. The Morgan fingerprint density at radius 2 is 2.31 bits per heavy atom. The molecule has 0 aromatic carbocycles. The lowest BCUT2D eigenvalue weighted by Crippen LogP contribution is -2.08. The van der Waals surface area contributed by atoms with Gasteiger partial charge in [-0.1, -0.05) is 0 Å². The van der Waals surface area contributed by atoms with E-state index in [1.54, 1.807) is 0 Å². The zero-order valence-corrected chi connectivity index (χ0v) is 7.33. The van der Waals surface area contributed by atoms with Gasteiger partial charge in [-0.2, -0.15) is 0 Å². The van der Waals surface area contributed by atoms with Crippen molar-refractivity contribution in [2.75, 3.05) is 6.54 Å². The second-order valence-corrected chi connectivity index (χ2v) is 3.33. The van der Waals surface area contributed by atoms with Crippen LogP contribution in [0.25, 0.3) is 0 Å². The normalized spacial score (nSPS) is 16.2. The van der Waals surface area contributed by atoms with Crippen molar-refractivity contribution in [1.82, 2.24) is 9.97 Å². The smallest absolute Gasteiger partial charge is 0.163 e. The molecule has 1 fully saturated rings. The zero-order chi connectivity index (χ0) is 9.26. The maximum absolute atomic E-state index is 13.1. The second kappa shape index (κ2) is 3.38. The van der Waals surface area contributed by atoms with Crippen LogP contribution >= 0.6 is 0 Å². The fourth-order valence-corrected chi connectivity index (χ4v) is 1.31. The van der Waals surface area contributed by atoms with Crippen molar-refractivity contribution in [3.63, 3.8) is 0 Å². The van der Waals surface area contributed by atoms with Gasteiger partial charge in [-0.3, -0.25) is 0 Å². The van der Waals surface area contributed by atoms with Gasteiger partial charge in [0.05, 0.1) is 11.9 Å². The molecule has 1 aromatic heterocycles. The van der Waals surface area contributed by atoms with Gasteiger partial charge in [0.25, 0.3) is 0 Å². The molecule has 1 saturated carbocycles. The van der Waals surface area contributed by atoms with E-state index in [-0.39, 0.29) is 5.82 Å². The summed E-state index contributed by atoms with van der Waals surface area (Å²) in [5.74, 6) is 0.716. The van der Waals surface area contributed by atoms with Gasteiger partial charge in [0.2, 0.25) is 0 Å². The van der Waals surface area contributed by atoms with E-state index in [4.69, 9.17) is 5.73 Å². The molecule has 1 heterocycles. The Hall–Kier alpha value is -1.03. The van der Waals surface area contributed by atoms with E-state index >= 15 is 0 Å². The lowest BCUT2D eigenvalue weighted by molar-refractivity contribution is 0.585. The Morgan fingerprint density at radius 3 is 2.92 bits per heavy atom. The molecule has 1 aliphatic carbocycles. The molecule has 1 aromatic rings. The number of rotatable bonds is 3. The Balaban J connectivity index is 2.25. The first-order chi connectivity index (χ1) is 6.31. The Morgan fingerprint density at radius 1 is 1.54 bits per heavy atom. The summed E-state index contributed by atoms with van der Waals surface area (Å²) in [4.78, 5) is 8.03. The first-order valence-corrected chi connectivity index (χ1v) is 4.52.